The standard InChI is InChI=1S/C29H42N2O3/c1-31-10-8-29(23-4-5-25(32-2)26(15-23)33-3)7-6-24(16-27(29)31)30-34-11-9-28-17-20-12-21(18-28)14-22(13-20)19-28/h4-5,15,20-22,27H,6-14,16-19H2,1-3H3. The van der Waals surface area contributed by atoms with Crippen LogP contribution in [0.4, 0.5) is 0 Å². The number of likely N-dealkylation sites (N-methyl/N-ethyl adjacent to an activating group) is 1. The Morgan fingerprint density at radius 1 is 0.971 bits per heavy atom. The van der Waals surface area contributed by atoms with E-state index in [-0.39, 0.29) is 5.41 Å². The summed E-state index contributed by atoms with van der Waals surface area (Å²) in [5.74, 6) is 4.67. The molecule has 1 heterocycles. The highest BCUT2D eigenvalue weighted by molar-refractivity contribution is 5.86. The van der Waals surface area contributed by atoms with Gasteiger partial charge in [0.2, 0.25) is 0 Å². The van der Waals surface area contributed by atoms with Crippen LogP contribution in [0.25, 0.3) is 0 Å². The first-order chi connectivity index (χ1) is 16.5. The lowest BCUT2D eigenvalue weighted by molar-refractivity contribution is -0.0688. The van der Waals surface area contributed by atoms with Crippen molar-refractivity contribution in [3.05, 3.63) is 23.8 Å². The van der Waals surface area contributed by atoms with Gasteiger partial charge in [-0.05, 0) is 119 Å². The van der Waals surface area contributed by atoms with Crippen LogP contribution in [0.2, 0.25) is 0 Å². The number of nitrogens with zero attached hydrogens (tertiary/aromatic N) is 2. The van der Waals surface area contributed by atoms with Crippen molar-refractivity contribution < 1.29 is 14.3 Å². The van der Waals surface area contributed by atoms with E-state index in [1.54, 1.807) is 14.2 Å². The third-order valence-corrected chi connectivity index (χ3v) is 10.4. The molecule has 6 aliphatic rings. The molecule has 5 nitrogen and oxygen atoms in total. The summed E-state index contributed by atoms with van der Waals surface area (Å²) in [6.45, 7) is 1.93. The number of benzene rings is 1. The molecule has 1 aliphatic heterocycles. The third kappa shape index (κ3) is 3.83. The molecule has 2 unspecified atom stereocenters. The number of hydrogen-bond acceptors (Lipinski definition) is 5. The second-order valence-corrected chi connectivity index (χ2v) is 12.3. The Morgan fingerprint density at radius 3 is 2.35 bits per heavy atom. The van der Waals surface area contributed by atoms with E-state index in [1.807, 2.05) is 0 Å². The Bertz CT molecular complexity index is 908. The van der Waals surface area contributed by atoms with Crippen molar-refractivity contribution in [2.45, 2.75) is 82.1 Å². The molecule has 0 radical (unpaired) electrons. The van der Waals surface area contributed by atoms with E-state index in [4.69, 9.17) is 19.5 Å². The normalized spacial score (nSPS) is 39.9. The van der Waals surface area contributed by atoms with Gasteiger partial charge < -0.3 is 19.2 Å². The van der Waals surface area contributed by atoms with Crippen LogP contribution in [0.15, 0.2) is 23.4 Å². The molecule has 5 heteroatoms. The number of rotatable bonds is 7. The topological polar surface area (TPSA) is 43.3 Å². The van der Waals surface area contributed by atoms with Gasteiger partial charge in [0.15, 0.2) is 11.5 Å². The molecule has 6 fully saturated rings. The van der Waals surface area contributed by atoms with Gasteiger partial charge in [0.05, 0.1) is 19.9 Å². The average Bonchev–Trinajstić information content (AvgIpc) is 3.17. The van der Waals surface area contributed by atoms with E-state index in [0.29, 0.717) is 11.5 Å². The number of fused-ring (bicyclic) bond motifs is 1. The number of likely N-dealkylation sites (tertiary alicyclic amines) is 1. The average molecular weight is 467 g/mol. The van der Waals surface area contributed by atoms with Crippen LogP contribution in [0, 0.1) is 23.2 Å². The third-order valence-electron chi connectivity index (χ3n) is 10.4. The summed E-state index contributed by atoms with van der Waals surface area (Å²) in [6, 6.07) is 6.98. The van der Waals surface area contributed by atoms with Gasteiger partial charge in [-0.15, -0.1) is 0 Å². The van der Waals surface area contributed by atoms with Crippen LogP contribution < -0.4 is 9.47 Å². The fourth-order valence-electron chi connectivity index (χ4n) is 9.16. The lowest BCUT2D eigenvalue weighted by Crippen LogP contribution is -2.46. The zero-order chi connectivity index (χ0) is 23.3. The molecule has 7 rings (SSSR count). The highest BCUT2D eigenvalue weighted by Gasteiger charge is 2.51. The zero-order valence-electron chi connectivity index (χ0n) is 21.4. The first-order valence-corrected chi connectivity index (χ1v) is 13.6. The monoisotopic (exact) mass is 466 g/mol. The molecular weight excluding hydrogens is 424 g/mol. The van der Waals surface area contributed by atoms with Crippen LogP contribution in [0.1, 0.15) is 76.2 Å². The number of hydrogen-bond donors (Lipinski definition) is 0. The van der Waals surface area contributed by atoms with E-state index in [9.17, 15) is 0 Å². The molecule has 186 valence electrons. The van der Waals surface area contributed by atoms with E-state index in [0.717, 1.165) is 61.7 Å². The lowest BCUT2D eigenvalue weighted by atomic mass is 9.49. The molecule has 2 atom stereocenters. The van der Waals surface area contributed by atoms with Gasteiger partial charge in [-0.25, -0.2) is 0 Å². The summed E-state index contributed by atoms with van der Waals surface area (Å²) < 4.78 is 11.1. The summed E-state index contributed by atoms with van der Waals surface area (Å²) in [7, 11) is 5.70. The summed E-state index contributed by atoms with van der Waals surface area (Å²) in [5, 5.41) is 4.73. The molecule has 1 aromatic rings. The molecular formula is C29H42N2O3. The highest BCUT2D eigenvalue weighted by atomic mass is 16.6. The van der Waals surface area contributed by atoms with E-state index in [2.05, 4.69) is 30.1 Å². The second kappa shape index (κ2) is 8.72. The molecule has 5 aliphatic carbocycles. The van der Waals surface area contributed by atoms with Gasteiger partial charge in [0, 0.05) is 17.9 Å². The predicted octanol–water partition coefficient (Wildman–Crippen LogP) is 5.81. The zero-order valence-corrected chi connectivity index (χ0v) is 21.4. The SMILES string of the molecule is COc1ccc(C23CCC(=NOCCC45CC6CC(CC(C6)C4)C5)CC2N(C)CC3)cc1OC. The molecule has 0 spiro atoms. The molecule has 0 amide bonds. The van der Waals surface area contributed by atoms with Crippen molar-refractivity contribution in [2.24, 2.45) is 28.3 Å². The highest BCUT2D eigenvalue weighted by Crippen LogP contribution is 2.61. The summed E-state index contributed by atoms with van der Waals surface area (Å²) in [5.41, 5.74) is 3.36. The summed E-state index contributed by atoms with van der Waals surface area (Å²) >= 11 is 0. The Morgan fingerprint density at radius 2 is 1.68 bits per heavy atom. The predicted molar refractivity (Wildman–Crippen MR) is 135 cm³/mol. The molecule has 34 heavy (non-hydrogen) atoms. The smallest absolute Gasteiger partial charge is 0.161 e. The van der Waals surface area contributed by atoms with Gasteiger partial charge in [0.25, 0.3) is 0 Å². The molecule has 0 N–H and O–H groups in total. The van der Waals surface area contributed by atoms with E-state index < -0.39 is 0 Å². The van der Waals surface area contributed by atoms with Crippen molar-refractivity contribution in [1.29, 1.82) is 0 Å². The molecule has 4 bridgehead atoms. The largest absolute Gasteiger partial charge is 0.493 e. The van der Waals surface area contributed by atoms with E-state index >= 15 is 0 Å². The molecule has 0 aromatic heterocycles. The quantitative estimate of drug-likeness (QED) is 0.376. The van der Waals surface area contributed by atoms with Gasteiger partial charge in [-0.1, -0.05) is 11.2 Å². The number of methoxy groups -OCH3 is 2. The van der Waals surface area contributed by atoms with Crippen LogP contribution >= 0.6 is 0 Å². The van der Waals surface area contributed by atoms with Gasteiger partial charge in [0.1, 0.15) is 6.61 Å². The van der Waals surface area contributed by atoms with Crippen molar-refractivity contribution in [1.82, 2.24) is 4.90 Å². The lowest BCUT2D eigenvalue weighted by Gasteiger charge is -2.56. The van der Waals surface area contributed by atoms with E-state index in [1.165, 1.54) is 62.6 Å². The van der Waals surface area contributed by atoms with Gasteiger partial charge >= 0.3 is 0 Å². The fourth-order valence-corrected chi connectivity index (χ4v) is 9.16. The molecule has 1 saturated heterocycles. The second-order valence-electron chi connectivity index (χ2n) is 12.3. The van der Waals surface area contributed by atoms with Crippen LogP contribution in [-0.2, 0) is 10.3 Å². The maximum atomic E-state index is 6.03. The summed E-state index contributed by atoms with van der Waals surface area (Å²) in [4.78, 5) is 8.56. The van der Waals surface area contributed by atoms with Crippen molar-refractivity contribution in [3.8, 4) is 11.5 Å². The summed E-state index contributed by atoms with van der Waals surface area (Å²) in [6.07, 6.45) is 14.5. The first-order valence-electron chi connectivity index (χ1n) is 13.6. The van der Waals surface area contributed by atoms with Gasteiger partial charge in [-0.3, -0.25) is 0 Å². The molecule has 1 aromatic carbocycles. The first kappa shape index (κ1) is 22.7. The number of ether oxygens (including phenoxy) is 2. The minimum absolute atomic E-state index is 0.159. The van der Waals surface area contributed by atoms with Crippen LogP contribution in [0.3, 0.4) is 0 Å². The van der Waals surface area contributed by atoms with Gasteiger partial charge in [-0.2, -0.15) is 0 Å². The Kier molecular flexibility index (Phi) is 5.82. The maximum absolute atomic E-state index is 6.03. The van der Waals surface area contributed by atoms with Crippen molar-refractivity contribution in [2.75, 3.05) is 34.4 Å². The number of oxime groups is 1. The Labute approximate surface area is 205 Å². The maximum Gasteiger partial charge on any atom is 0.161 e. The van der Waals surface area contributed by atoms with Crippen LogP contribution in [-0.4, -0.2) is 51.1 Å². The minimum Gasteiger partial charge on any atom is -0.493 e. The van der Waals surface area contributed by atoms with Crippen LogP contribution in [0.5, 0.6) is 11.5 Å². The van der Waals surface area contributed by atoms with Crippen molar-refractivity contribution >= 4 is 5.71 Å². The molecule has 5 saturated carbocycles. The minimum atomic E-state index is 0.159. The van der Waals surface area contributed by atoms with Crippen molar-refractivity contribution in [3.63, 3.8) is 0 Å². The fraction of sp³-hybridized carbons (Fsp3) is 0.759. The Balaban J connectivity index is 1.11. The Hall–Kier alpha value is -1.75.